The first-order valence-corrected chi connectivity index (χ1v) is 11.1. The molecule has 1 aliphatic heterocycles. The van der Waals surface area contributed by atoms with Gasteiger partial charge in [-0.1, -0.05) is 6.07 Å². The molecule has 1 atom stereocenters. The second kappa shape index (κ2) is 6.42. The lowest BCUT2D eigenvalue weighted by Crippen LogP contribution is -2.34. The van der Waals surface area contributed by atoms with Crippen LogP contribution in [-0.2, 0) is 35.6 Å². The smallest absolute Gasteiger partial charge is 0.307 e. The highest BCUT2D eigenvalue weighted by Crippen LogP contribution is 2.38. The Morgan fingerprint density at radius 1 is 1.07 bits per heavy atom. The van der Waals surface area contributed by atoms with Crippen molar-refractivity contribution < 1.29 is 13.8 Å². The molecule has 3 amide bonds. The predicted molar refractivity (Wildman–Crippen MR) is 107 cm³/mol. The van der Waals surface area contributed by atoms with Crippen LogP contribution in [0.1, 0.15) is 51.0 Å². The molecule has 0 saturated carbocycles. The van der Waals surface area contributed by atoms with Gasteiger partial charge in [0.1, 0.15) is 0 Å². The molecule has 146 valence electrons. The van der Waals surface area contributed by atoms with E-state index in [1.54, 1.807) is 0 Å². The Labute approximate surface area is 168 Å². The summed E-state index contributed by atoms with van der Waals surface area (Å²) in [6.45, 7) is 0. The van der Waals surface area contributed by atoms with E-state index in [0.717, 1.165) is 55.3 Å². The number of nitriles is 1. The van der Waals surface area contributed by atoms with E-state index in [2.05, 4.69) is 20.5 Å². The molecule has 5 rings (SSSR count). The Morgan fingerprint density at radius 3 is 2.41 bits per heavy atom. The van der Waals surface area contributed by atoms with Crippen molar-refractivity contribution in [3.05, 3.63) is 57.6 Å². The second-order valence-electron chi connectivity index (χ2n) is 7.54. The molecule has 0 saturated heterocycles. The number of amides is 3. The zero-order valence-corrected chi connectivity index (χ0v) is 16.4. The Bertz CT molecular complexity index is 1230. The van der Waals surface area contributed by atoms with Gasteiger partial charge in [0.05, 0.1) is 22.1 Å². The second-order valence-corrected chi connectivity index (χ2v) is 9.41. The fourth-order valence-electron chi connectivity index (χ4n) is 4.52. The average molecular weight is 406 g/mol. The lowest BCUT2D eigenvalue weighted by Gasteiger charge is -2.17. The van der Waals surface area contributed by atoms with Gasteiger partial charge in [-0.3, -0.25) is 4.79 Å². The maximum atomic E-state index is 13.3. The lowest BCUT2D eigenvalue weighted by atomic mass is 9.99. The molecule has 8 heteroatoms. The molecule has 0 radical (unpaired) electrons. The standard InChI is InChI=1S/C21H18N4O3S/c22-11-12-7-8-17-18(9-12)29(28,24-20(17)26)25-21(27)23-19-15-5-1-3-13(15)10-14-4-2-6-16(14)19/h7-10H,1-6H2,(H2,23,24,25,26,27,28). The summed E-state index contributed by atoms with van der Waals surface area (Å²) in [5, 5.41) is 12.0. The zero-order chi connectivity index (χ0) is 20.2. The number of nitrogens with one attached hydrogen (secondary N) is 2. The number of hydrogen-bond acceptors (Lipinski definition) is 4. The maximum Gasteiger partial charge on any atom is 0.331 e. The Kier molecular flexibility index (Phi) is 3.96. The van der Waals surface area contributed by atoms with E-state index in [9.17, 15) is 13.8 Å². The molecule has 29 heavy (non-hydrogen) atoms. The van der Waals surface area contributed by atoms with Gasteiger partial charge in [-0.2, -0.15) is 5.26 Å². The number of urea groups is 1. The van der Waals surface area contributed by atoms with Crippen molar-refractivity contribution in [2.24, 2.45) is 4.36 Å². The number of aryl methyl sites for hydroxylation is 2. The Morgan fingerprint density at radius 2 is 1.76 bits per heavy atom. The van der Waals surface area contributed by atoms with Crippen molar-refractivity contribution >= 4 is 27.5 Å². The molecule has 0 bridgehead atoms. The summed E-state index contributed by atoms with van der Waals surface area (Å²) in [6.07, 6.45) is 5.93. The molecule has 1 unspecified atom stereocenters. The first kappa shape index (κ1) is 17.9. The van der Waals surface area contributed by atoms with Crippen molar-refractivity contribution in [1.82, 2.24) is 4.72 Å². The average Bonchev–Trinajstić information content (AvgIpc) is 3.40. The summed E-state index contributed by atoms with van der Waals surface area (Å²) in [7, 11) is -3.48. The van der Waals surface area contributed by atoms with Gasteiger partial charge >= 0.3 is 6.03 Å². The number of benzene rings is 2. The zero-order valence-electron chi connectivity index (χ0n) is 15.6. The summed E-state index contributed by atoms with van der Waals surface area (Å²) < 4.78 is 19.4. The minimum atomic E-state index is -3.48. The van der Waals surface area contributed by atoms with E-state index in [1.807, 2.05) is 6.07 Å². The van der Waals surface area contributed by atoms with E-state index in [0.29, 0.717) is 0 Å². The van der Waals surface area contributed by atoms with Crippen LogP contribution in [0.3, 0.4) is 0 Å². The molecule has 0 aromatic heterocycles. The molecule has 2 aliphatic carbocycles. The monoisotopic (exact) mass is 406 g/mol. The van der Waals surface area contributed by atoms with Crippen LogP contribution >= 0.6 is 0 Å². The van der Waals surface area contributed by atoms with E-state index in [-0.39, 0.29) is 16.0 Å². The Hall–Kier alpha value is -3.18. The van der Waals surface area contributed by atoms with Gasteiger partial charge in [0.15, 0.2) is 9.92 Å². The van der Waals surface area contributed by atoms with Crippen LogP contribution in [0.5, 0.6) is 0 Å². The number of anilines is 1. The van der Waals surface area contributed by atoms with E-state index in [1.165, 1.54) is 29.3 Å². The largest absolute Gasteiger partial charge is 0.331 e. The van der Waals surface area contributed by atoms with Crippen LogP contribution in [0.15, 0.2) is 33.5 Å². The quantitative estimate of drug-likeness (QED) is 0.797. The third-order valence-electron chi connectivity index (χ3n) is 5.79. The molecule has 7 nitrogen and oxygen atoms in total. The molecular formula is C21H18N4O3S. The normalized spacial score (nSPS) is 21.0. The maximum absolute atomic E-state index is 13.3. The molecule has 1 heterocycles. The fourth-order valence-corrected chi connectivity index (χ4v) is 6.15. The van der Waals surface area contributed by atoms with Gasteiger partial charge in [0.25, 0.3) is 5.91 Å². The minimum Gasteiger partial charge on any atom is -0.307 e. The molecular weight excluding hydrogens is 388 g/mol. The minimum absolute atomic E-state index is 0.0835. The van der Waals surface area contributed by atoms with Gasteiger partial charge < -0.3 is 5.32 Å². The van der Waals surface area contributed by atoms with E-state index in [4.69, 9.17) is 5.26 Å². The number of fused-ring (bicyclic) bond motifs is 3. The van der Waals surface area contributed by atoms with Gasteiger partial charge in [-0.25, -0.2) is 13.7 Å². The predicted octanol–water partition coefficient (Wildman–Crippen LogP) is 3.25. The third-order valence-corrected chi connectivity index (χ3v) is 7.61. The SMILES string of the molecule is N#Cc1ccc2c(c1)S(=O)(NC(=O)Nc1c3c(cc4c1CCC4)CCC3)=NC2=O. The number of carbonyl (C=O) groups excluding carboxylic acids is 2. The summed E-state index contributed by atoms with van der Waals surface area (Å²) in [4.78, 5) is 25.0. The van der Waals surface area contributed by atoms with Gasteiger partial charge in [-0.15, -0.1) is 4.36 Å². The van der Waals surface area contributed by atoms with Crippen LogP contribution in [-0.4, -0.2) is 16.1 Å². The molecule has 2 aromatic carbocycles. The van der Waals surface area contributed by atoms with Crippen molar-refractivity contribution in [3.63, 3.8) is 0 Å². The number of carbonyl (C=O) groups is 2. The van der Waals surface area contributed by atoms with Crippen LogP contribution in [0.4, 0.5) is 10.5 Å². The Balaban J connectivity index is 1.48. The lowest BCUT2D eigenvalue weighted by molar-refractivity contribution is 0.101. The molecule has 3 aliphatic rings. The summed E-state index contributed by atoms with van der Waals surface area (Å²) >= 11 is 0. The van der Waals surface area contributed by atoms with Crippen LogP contribution in [0.2, 0.25) is 0 Å². The van der Waals surface area contributed by atoms with Gasteiger partial charge in [0, 0.05) is 5.69 Å². The molecule has 2 N–H and O–H groups in total. The fraction of sp³-hybridized carbons (Fsp3) is 0.286. The highest BCUT2D eigenvalue weighted by Gasteiger charge is 2.32. The van der Waals surface area contributed by atoms with Crippen LogP contribution in [0.25, 0.3) is 0 Å². The van der Waals surface area contributed by atoms with Gasteiger partial charge in [-0.05, 0) is 79.0 Å². The third kappa shape index (κ3) is 2.81. The molecule has 2 aromatic rings. The summed E-state index contributed by atoms with van der Waals surface area (Å²) in [5.41, 5.74) is 6.08. The van der Waals surface area contributed by atoms with Crippen molar-refractivity contribution in [3.8, 4) is 6.07 Å². The molecule has 0 fully saturated rings. The first-order valence-electron chi connectivity index (χ1n) is 9.59. The van der Waals surface area contributed by atoms with E-state index >= 15 is 0 Å². The van der Waals surface area contributed by atoms with E-state index < -0.39 is 21.9 Å². The highest BCUT2D eigenvalue weighted by atomic mass is 32.2. The van der Waals surface area contributed by atoms with Crippen molar-refractivity contribution in [2.75, 3.05) is 5.32 Å². The first-order chi connectivity index (χ1) is 14.0. The van der Waals surface area contributed by atoms with Crippen LogP contribution < -0.4 is 10.0 Å². The van der Waals surface area contributed by atoms with Crippen LogP contribution in [0, 0.1) is 11.3 Å². The number of rotatable bonds is 2. The summed E-state index contributed by atoms with van der Waals surface area (Å²) in [6, 6.07) is 7.80. The number of nitrogens with zero attached hydrogens (tertiary/aromatic N) is 2. The topological polar surface area (TPSA) is 111 Å². The highest BCUT2D eigenvalue weighted by molar-refractivity contribution is 7.93. The van der Waals surface area contributed by atoms with Crippen molar-refractivity contribution in [1.29, 1.82) is 5.26 Å². The van der Waals surface area contributed by atoms with Crippen molar-refractivity contribution in [2.45, 2.75) is 43.4 Å². The molecule has 0 spiro atoms. The summed E-state index contributed by atoms with van der Waals surface area (Å²) in [5.74, 6) is -0.656. The number of hydrogen-bond donors (Lipinski definition) is 2. The van der Waals surface area contributed by atoms with Gasteiger partial charge in [0.2, 0.25) is 0 Å².